The Labute approximate surface area is 141 Å². The number of anilines is 1. The molecule has 2 N–H and O–H groups in total. The number of benzene rings is 1. The van der Waals surface area contributed by atoms with Gasteiger partial charge in [0.15, 0.2) is 11.6 Å². The fourth-order valence-electron chi connectivity index (χ4n) is 4.00. The Balaban J connectivity index is 1.66. The van der Waals surface area contributed by atoms with E-state index >= 15 is 0 Å². The molecule has 1 aliphatic carbocycles. The molecule has 2 aliphatic rings. The second-order valence-corrected chi connectivity index (χ2v) is 6.82. The van der Waals surface area contributed by atoms with Gasteiger partial charge in [0, 0.05) is 31.0 Å². The molecule has 1 spiro atoms. The van der Waals surface area contributed by atoms with Crippen molar-refractivity contribution in [1.82, 2.24) is 5.32 Å². The van der Waals surface area contributed by atoms with Crippen LogP contribution in [0.4, 0.5) is 14.9 Å². The second kappa shape index (κ2) is 6.97. The summed E-state index contributed by atoms with van der Waals surface area (Å²) in [5.41, 5.74) is 1.39. The summed E-state index contributed by atoms with van der Waals surface area (Å²) in [4.78, 5) is 12.4. The standard InChI is InChI=1S/C18H25FN2O3/c1-12-10-15(23-2)13(19)11-14(12)20-17(22)21-16-4-3-5-18(16)6-8-24-9-7-18/h10-11,16H,3-9H2,1-2H3,(H2,20,21,22). The molecule has 6 heteroatoms. The van der Waals surface area contributed by atoms with E-state index in [9.17, 15) is 9.18 Å². The van der Waals surface area contributed by atoms with Gasteiger partial charge in [-0.05, 0) is 49.7 Å². The van der Waals surface area contributed by atoms with Gasteiger partial charge in [-0.1, -0.05) is 6.42 Å². The van der Waals surface area contributed by atoms with Gasteiger partial charge < -0.3 is 20.1 Å². The summed E-state index contributed by atoms with van der Waals surface area (Å²) in [5.74, 6) is -0.310. The molecule has 0 bridgehead atoms. The molecule has 1 saturated heterocycles. The van der Waals surface area contributed by atoms with E-state index < -0.39 is 5.82 Å². The molecular formula is C18H25FN2O3. The Hall–Kier alpha value is -1.82. The zero-order valence-electron chi connectivity index (χ0n) is 14.3. The molecule has 2 amide bonds. The van der Waals surface area contributed by atoms with Crippen LogP contribution < -0.4 is 15.4 Å². The number of nitrogens with one attached hydrogen (secondary N) is 2. The van der Waals surface area contributed by atoms with E-state index in [1.807, 2.05) is 6.92 Å². The summed E-state index contributed by atoms with van der Waals surface area (Å²) < 4.78 is 24.3. The number of ether oxygens (including phenoxy) is 2. The maximum Gasteiger partial charge on any atom is 0.319 e. The minimum absolute atomic E-state index is 0.157. The lowest BCUT2D eigenvalue weighted by Gasteiger charge is -2.39. The number of carbonyl (C=O) groups is 1. The number of aryl methyl sites for hydroxylation is 1. The first-order valence-corrected chi connectivity index (χ1v) is 8.53. The third-order valence-electron chi connectivity index (χ3n) is 5.45. The molecule has 1 aromatic rings. The molecule has 3 rings (SSSR count). The van der Waals surface area contributed by atoms with Gasteiger partial charge in [0.25, 0.3) is 0 Å². The molecule has 2 fully saturated rings. The highest BCUT2D eigenvalue weighted by molar-refractivity contribution is 5.90. The van der Waals surface area contributed by atoms with E-state index in [1.165, 1.54) is 13.2 Å². The fraction of sp³-hybridized carbons (Fsp3) is 0.611. The van der Waals surface area contributed by atoms with Crippen LogP contribution in [0.25, 0.3) is 0 Å². The van der Waals surface area contributed by atoms with Gasteiger partial charge >= 0.3 is 6.03 Å². The molecule has 1 unspecified atom stereocenters. The molecule has 24 heavy (non-hydrogen) atoms. The highest BCUT2D eigenvalue weighted by atomic mass is 19.1. The number of rotatable bonds is 3. The average Bonchev–Trinajstić information content (AvgIpc) is 2.93. The minimum atomic E-state index is -0.486. The summed E-state index contributed by atoms with van der Waals surface area (Å²) in [6.45, 7) is 3.35. The molecule has 132 valence electrons. The predicted molar refractivity (Wildman–Crippen MR) is 90.0 cm³/mol. The van der Waals surface area contributed by atoms with Crippen molar-refractivity contribution >= 4 is 11.7 Å². The zero-order valence-corrected chi connectivity index (χ0v) is 14.3. The van der Waals surface area contributed by atoms with Crippen LogP contribution in [0.3, 0.4) is 0 Å². The first kappa shape index (κ1) is 17.0. The Morgan fingerprint density at radius 2 is 2.08 bits per heavy atom. The van der Waals surface area contributed by atoms with Gasteiger partial charge in [-0.15, -0.1) is 0 Å². The molecule has 1 atom stereocenters. The SMILES string of the molecule is COc1cc(C)c(NC(=O)NC2CCCC23CCOCC3)cc1F. The van der Waals surface area contributed by atoms with E-state index in [-0.39, 0.29) is 23.2 Å². The van der Waals surface area contributed by atoms with Crippen LogP contribution in [0.15, 0.2) is 12.1 Å². The second-order valence-electron chi connectivity index (χ2n) is 6.82. The first-order chi connectivity index (χ1) is 11.5. The fourth-order valence-corrected chi connectivity index (χ4v) is 4.00. The van der Waals surface area contributed by atoms with E-state index in [4.69, 9.17) is 9.47 Å². The highest BCUT2D eigenvalue weighted by Gasteiger charge is 2.44. The van der Waals surface area contributed by atoms with Crippen LogP contribution in [0.1, 0.15) is 37.7 Å². The maximum atomic E-state index is 13.9. The van der Waals surface area contributed by atoms with E-state index in [1.54, 1.807) is 6.07 Å². The number of hydrogen-bond acceptors (Lipinski definition) is 3. The molecule has 1 heterocycles. The number of halogens is 1. The van der Waals surface area contributed by atoms with Gasteiger partial charge in [0.2, 0.25) is 0 Å². The van der Waals surface area contributed by atoms with Crippen molar-refractivity contribution in [2.24, 2.45) is 5.41 Å². The summed E-state index contributed by atoms with van der Waals surface area (Å²) in [5, 5.41) is 5.88. The van der Waals surface area contributed by atoms with Crippen LogP contribution in [0.5, 0.6) is 5.75 Å². The van der Waals surface area contributed by atoms with E-state index in [2.05, 4.69) is 10.6 Å². The Morgan fingerprint density at radius 1 is 1.33 bits per heavy atom. The molecule has 0 radical (unpaired) electrons. The van der Waals surface area contributed by atoms with Gasteiger partial charge in [0.05, 0.1) is 7.11 Å². The van der Waals surface area contributed by atoms with Crippen LogP contribution in [0, 0.1) is 18.2 Å². The minimum Gasteiger partial charge on any atom is -0.494 e. The van der Waals surface area contributed by atoms with Crippen LogP contribution in [-0.4, -0.2) is 32.4 Å². The van der Waals surface area contributed by atoms with Crippen molar-refractivity contribution in [3.63, 3.8) is 0 Å². The quantitative estimate of drug-likeness (QED) is 0.886. The average molecular weight is 336 g/mol. The summed E-state index contributed by atoms with van der Waals surface area (Å²) in [6, 6.07) is 2.76. The van der Waals surface area contributed by atoms with E-state index in [0.717, 1.165) is 50.9 Å². The van der Waals surface area contributed by atoms with Crippen molar-refractivity contribution in [3.8, 4) is 5.75 Å². The normalized spacial score (nSPS) is 22.4. The number of hydrogen-bond donors (Lipinski definition) is 2. The Morgan fingerprint density at radius 3 is 2.79 bits per heavy atom. The summed E-state index contributed by atoms with van der Waals surface area (Å²) in [7, 11) is 1.42. The molecule has 0 aromatic heterocycles. The van der Waals surface area contributed by atoms with E-state index in [0.29, 0.717) is 5.69 Å². The Kier molecular flexibility index (Phi) is 4.94. The maximum absolute atomic E-state index is 13.9. The van der Waals surface area contributed by atoms with Gasteiger partial charge in [-0.2, -0.15) is 0 Å². The highest BCUT2D eigenvalue weighted by Crippen LogP contribution is 2.46. The lowest BCUT2D eigenvalue weighted by atomic mass is 9.75. The van der Waals surface area contributed by atoms with Crippen LogP contribution in [0.2, 0.25) is 0 Å². The van der Waals surface area contributed by atoms with Gasteiger partial charge in [0.1, 0.15) is 0 Å². The number of amides is 2. The third kappa shape index (κ3) is 3.34. The number of urea groups is 1. The van der Waals surface area contributed by atoms with Gasteiger partial charge in [-0.25, -0.2) is 9.18 Å². The van der Waals surface area contributed by atoms with Crippen LogP contribution >= 0.6 is 0 Å². The van der Waals surface area contributed by atoms with Crippen molar-refractivity contribution < 1.29 is 18.7 Å². The largest absolute Gasteiger partial charge is 0.494 e. The number of methoxy groups -OCH3 is 1. The lowest BCUT2D eigenvalue weighted by molar-refractivity contribution is 0.00652. The van der Waals surface area contributed by atoms with Crippen molar-refractivity contribution in [2.45, 2.75) is 45.1 Å². The Bertz CT molecular complexity index is 615. The topological polar surface area (TPSA) is 59.6 Å². The zero-order chi connectivity index (χ0) is 17.2. The third-order valence-corrected chi connectivity index (χ3v) is 5.45. The lowest BCUT2D eigenvalue weighted by Crippen LogP contribution is -2.48. The van der Waals surface area contributed by atoms with Crippen molar-refractivity contribution in [1.29, 1.82) is 0 Å². The van der Waals surface area contributed by atoms with Crippen molar-refractivity contribution in [2.75, 3.05) is 25.6 Å². The summed E-state index contributed by atoms with van der Waals surface area (Å²) in [6.07, 6.45) is 5.24. The molecule has 1 aromatic carbocycles. The molecule has 5 nitrogen and oxygen atoms in total. The molecule has 1 saturated carbocycles. The van der Waals surface area contributed by atoms with Crippen LogP contribution in [-0.2, 0) is 4.74 Å². The smallest absolute Gasteiger partial charge is 0.319 e. The number of carbonyl (C=O) groups excluding carboxylic acids is 1. The monoisotopic (exact) mass is 336 g/mol. The first-order valence-electron chi connectivity index (χ1n) is 8.53. The van der Waals surface area contributed by atoms with Crippen molar-refractivity contribution in [3.05, 3.63) is 23.5 Å². The van der Waals surface area contributed by atoms with Gasteiger partial charge in [-0.3, -0.25) is 0 Å². The molecule has 1 aliphatic heterocycles. The summed E-state index contributed by atoms with van der Waals surface area (Å²) >= 11 is 0. The predicted octanol–water partition coefficient (Wildman–Crippen LogP) is 3.61. The molecular weight excluding hydrogens is 311 g/mol.